The number of hydrogen-bond acceptors (Lipinski definition) is 2. The number of hydrogen-bond donors (Lipinski definition) is 1. The van der Waals surface area contributed by atoms with E-state index in [0.717, 1.165) is 12.8 Å². The average Bonchev–Trinajstić information content (AvgIpc) is 2.39. The summed E-state index contributed by atoms with van der Waals surface area (Å²) in [6.07, 6.45) is 3.63. The lowest BCUT2D eigenvalue weighted by Crippen LogP contribution is -2.54. The van der Waals surface area contributed by atoms with E-state index in [9.17, 15) is 4.79 Å². The monoisotopic (exact) mass is 314 g/mol. The third-order valence-corrected chi connectivity index (χ3v) is 4.55. The molecule has 1 saturated heterocycles. The SMILES string of the molecule is C[C@H]1CCC[C@H](C)N1NC(=O)Cc1c(Cl)cccc1Cl. The number of piperidine rings is 1. The van der Waals surface area contributed by atoms with Crippen molar-refractivity contribution >= 4 is 29.1 Å². The lowest BCUT2D eigenvalue weighted by atomic mass is 10.00. The third-order valence-electron chi connectivity index (χ3n) is 3.85. The van der Waals surface area contributed by atoms with Crippen LogP contribution in [0.5, 0.6) is 0 Å². The highest BCUT2D eigenvalue weighted by molar-refractivity contribution is 6.36. The van der Waals surface area contributed by atoms with Crippen LogP contribution in [0.2, 0.25) is 10.0 Å². The van der Waals surface area contributed by atoms with E-state index < -0.39 is 0 Å². The highest BCUT2D eigenvalue weighted by Crippen LogP contribution is 2.25. The third kappa shape index (κ3) is 3.66. The number of nitrogens with zero attached hydrogens (tertiary/aromatic N) is 1. The van der Waals surface area contributed by atoms with Crippen LogP contribution in [-0.2, 0) is 11.2 Å². The van der Waals surface area contributed by atoms with Crippen LogP contribution in [0.4, 0.5) is 0 Å². The zero-order chi connectivity index (χ0) is 14.7. The highest BCUT2D eigenvalue weighted by atomic mass is 35.5. The molecule has 0 unspecified atom stereocenters. The highest BCUT2D eigenvalue weighted by Gasteiger charge is 2.26. The van der Waals surface area contributed by atoms with E-state index in [0.29, 0.717) is 27.7 Å². The molecule has 1 amide bonds. The van der Waals surface area contributed by atoms with Crippen molar-refractivity contribution in [3.8, 4) is 0 Å². The van der Waals surface area contributed by atoms with Crippen molar-refractivity contribution in [2.75, 3.05) is 0 Å². The Morgan fingerprint density at radius 3 is 2.35 bits per heavy atom. The minimum atomic E-state index is -0.0689. The van der Waals surface area contributed by atoms with Crippen molar-refractivity contribution in [3.63, 3.8) is 0 Å². The maximum atomic E-state index is 12.2. The molecule has 0 saturated carbocycles. The lowest BCUT2D eigenvalue weighted by molar-refractivity contribution is -0.128. The van der Waals surface area contributed by atoms with Gasteiger partial charge in [-0.25, -0.2) is 5.01 Å². The first-order valence-corrected chi connectivity index (χ1v) is 7.75. The number of rotatable bonds is 3. The molecule has 3 nitrogen and oxygen atoms in total. The van der Waals surface area contributed by atoms with Crippen molar-refractivity contribution in [1.29, 1.82) is 0 Å². The standard InChI is InChI=1S/C15H20Cl2N2O/c1-10-5-3-6-11(2)19(10)18-15(20)9-12-13(16)7-4-8-14(12)17/h4,7-8,10-11H,3,5-6,9H2,1-2H3,(H,18,20)/t10-,11-/m0/s1. The number of carbonyl (C=O) groups is 1. The summed E-state index contributed by atoms with van der Waals surface area (Å²) in [4.78, 5) is 12.2. The van der Waals surface area contributed by atoms with Gasteiger partial charge in [0.25, 0.3) is 0 Å². The van der Waals surface area contributed by atoms with Crippen molar-refractivity contribution in [1.82, 2.24) is 10.4 Å². The molecule has 1 fully saturated rings. The zero-order valence-electron chi connectivity index (χ0n) is 11.8. The van der Waals surface area contributed by atoms with Gasteiger partial charge in [-0.3, -0.25) is 10.2 Å². The van der Waals surface area contributed by atoms with Crippen LogP contribution in [0.3, 0.4) is 0 Å². The second-order valence-corrected chi connectivity index (χ2v) is 6.26. The molecule has 2 atom stereocenters. The van der Waals surface area contributed by atoms with E-state index in [1.165, 1.54) is 6.42 Å². The Hall–Kier alpha value is -0.770. The molecule has 0 radical (unpaired) electrons. The number of benzene rings is 1. The van der Waals surface area contributed by atoms with Crippen molar-refractivity contribution in [2.45, 2.75) is 51.6 Å². The van der Waals surface area contributed by atoms with Gasteiger partial charge in [-0.2, -0.15) is 0 Å². The predicted octanol–water partition coefficient (Wildman–Crippen LogP) is 3.83. The summed E-state index contributed by atoms with van der Waals surface area (Å²) >= 11 is 12.2. The minimum Gasteiger partial charge on any atom is -0.288 e. The number of halogens is 2. The summed E-state index contributed by atoms with van der Waals surface area (Å²) in [5, 5.41) is 3.12. The number of hydrazine groups is 1. The Balaban J connectivity index is 2.02. The summed E-state index contributed by atoms with van der Waals surface area (Å²) in [6.45, 7) is 4.27. The molecule has 0 aliphatic carbocycles. The van der Waals surface area contributed by atoms with Gasteiger partial charge in [-0.1, -0.05) is 35.7 Å². The van der Waals surface area contributed by atoms with Gasteiger partial charge in [0.15, 0.2) is 0 Å². The molecule has 2 rings (SSSR count). The van der Waals surface area contributed by atoms with E-state index >= 15 is 0 Å². The van der Waals surface area contributed by atoms with Crippen molar-refractivity contribution in [2.24, 2.45) is 0 Å². The predicted molar refractivity (Wildman–Crippen MR) is 82.9 cm³/mol. The molecule has 1 aliphatic heterocycles. The first-order chi connectivity index (χ1) is 9.49. The summed E-state index contributed by atoms with van der Waals surface area (Å²) in [5.41, 5.74) is 3.68. The average molecular weight is 315 g/mol. The Kier molecular flexibility index (Phi) is 5.30. The fourth-order valence-electron chi connectivity index (χ4n) is 2.69. The Bertz CT molecular complexity index is 463. The molecule has 1 heterocycles. The topological polar surface area (TPSA) is 32.3 Å². The Labute approximate surface area is 130 Å². The van der Waals surface area contributed by atoms with E-state index in [2.05, 4.69) is 24.3 Å². The molecule has 1 N–H and O–H groups in total. The van der Waals surface area contributed by atoms with Crippen LogP contribution in [0.25, 0.3) is 0 Å². The molecule has 1 aliphatic rings. The van der Waals surface area contributed by atoms with Crippen LogP contribution in [0.1, 0.15) is 38.7 Å². The van der Waals surface area contributed by atoms with Gasteiger partial charge in [0, 0.05) is 22.1 Å². The number of nitrogens with one attached hydrogen (secondary N) is 1. The number of amides is 1. The van der Waals surface area contributed by atoms with Crippen LogP contribution in [0.15, 0.2) is 18.2 Å². The second kappa shape index (κ2) is 6.79. The van der Waals surface area contributed by atoms with Crippen molar-refractivity contribution in [3.05, 3.63) is 33.8 Å². The Morgan fingerprint density at radius 2 is 1.80 bits per heavy atom. The largest absolute Gasteiger partial charge is 0.288 e. The molecule has 0 bridgehead atoms. The van der Waals surface area contributed by atoms with Gasteiger partial charge in [-0.15, -0.1) is 0 Å². The van der Waals surface area contributed by atoms with Crippen LogP contribution < -0.4 is 5.43 Å². The second-order valence-electron chi connectivity index (χ2n) is 5.45. The first kappa shape index (κ1) is 15.6. The van der Waals surface area contributed by atoms with Gasteiger partial charge >= 0.3 is 0 Å². The lowest BCUT2D eigenvalue weighted by Gasteiger charge is -2.38. The Morgan fingerprint density at radius 1 is 1.25 bits per heavy atom. The maximum absolute atomic E-state index is 12.2. The first-order valence-electron chi connectivity index (χ1n) is 6.99. The van der Waals surface area contributed by atoms with Gasteiger partial charge in [0.2, 0.25) is 5.91 Å². The van der Waals surface area contributed by atoms with Crippen LogP contribution in [-0.4, -0.2) is 23.0 Å². The van der Waals surface area contributed by atoms with Gasteiger partial charge in [-0.05, 0) is 44.4 Å². The normalized spacial score (nSPS) is 23.6. The molecule has 1 aromatic rings. The van der Waals surface area contributed by atoms with E-state index in [1.54, 1.807) is 18.2 Å². The molecular formula is C15H20Cl2N2O. The number of carbonyl (C=O) groups excluding carboxylic acids is 1. The minimum absolute atomic E-state index is 0.0689. The van der Waals surface area contributed by atoms with E-state index in [-0.39, 0.29) is 12.3 Å². The fraction of sp³-hybridized carbons (Fsp3) is 0.533. The summed E-state index contributed by atoms with van der Waals surface area (Å²) in [5.74, 6) is -0.0689. The van der Waals surface area contributed by atoms with Gasteiger partial charge in [0.1, 0.15) is 0 Å². The van der Waals surface area contributed by atoms with Gasteiger partial charge in [0.05, 0.1) is 6.42 Å². The summed E-state index contributed by atoms with van der Waals surface area (Å²) in [7, 11) is 0. The summed E-state index contributed by atoms with van der Waals surface area (Å²) < 4.78 is 0. The molecule has 20 heavy (non-hydrogen) atoms. The molecule has 110 valence electrons. The molecule has 0 spiro atoms. The maximum Gasteiger partial charge on any atom is 0.238 e. The summed E-state index contributed by atoms with van der Waals surface area (Å²) in [6, 6.07) is 6.01. The van der Waals surface area contributed by atoms with Crippen LogP contribution >= 0.6 is 23.2 Å². The fourth-order valence-corrected chi connectivity index (χ4v) is 3.22. The van der Waals surface area contributed by atoms with Gasteiger partial charge < -0.3 is 0 Å². The zero-order valence-corrected chi connectivity index (χ0v) is 13.3. The molecule has 5 heteroatoms. The smallest absolute Gasteiger partial charge is 0.238 e. The van der Waals surface area contributed by atoms with E-state index in [4.69, 9.17) is 23.2 Å². The van der Waals surface area contributed by atoms with Crippen molar-refractivity contribution < 1.29 is 4.79 Å². The quantitative estimate of drug-likeness (QED) is 0.919. The molecular weight excluding hydrogens is 295 g/mol. The molecule has 1 aromatic carbocycles. The molecule has 0 aromatic heterocycles. The van der Waals surface area contributed by atoms with E-state index in [1.807, 2.05) is 0 Å². The van der Waals surface area contributed by atoms with Crippen LogP contribution in [0, 0.1) is 0 Å².